The summed E-state index contributed by atoms with van der Waals surface area (Å²) in [5.41, 5.74) is 10.1. The summed E-state index contributed by atoms with van der Waals surface area (Å²) in [6.45, 7) is 1.99. The second kappa shape index (κ2) is 5.64. The number of nitrogens with zero attached hydrogens (tertiary/aromatic N) is 1. The maximum Gasteiger partial charge on any atom is 0.0670 e. The van der Waals surface area contributed by atoms with Crippen molar-refractivity contribution < 1.29 is 0 Å². The SMILES string of the molecule is Cc1cccc(Cl)c1Nc1ccc(N)c(CC#N)c1. The lowest BCUT2D eigenvalue weighted by molar-refractivity contribution is 1.26. The van der Waals surface area contributed by atoms with Crippen molar-refractivity contribution in [3.8, 4) is 6.07 Å². The quantitative estimate of drug-likeness (QED) is 0.828. The fourth-order valence-corrected chi connectivity index (χ4v) is 2.13. The second-order valence-electron chi connectivity index (χ2n) is 4.31. The third-order valence-electron chi connectivity index (χ3n) is 2.90. The maximum absolute atomic E-state index is 8.77. The molecular weight excluding hydrogens is 258 g/mol. The van der Waals surface area contributed by atoms with E-state index in [0.29, 0.717) is 17.1 Å². The number of anilines is 3. The highest BCUT2D eigenvalue weighted by molar-refractivity contribution is 6.33. The van der Waals surface area contributed by atoms with E-state index in [1.807, 2.05) is 37.3 Å². The minimum absolute atomic E-state index is 0.295. The molecule has 0 spiro atoms. The van der Waals surface area contributed by atoms with Crippen molar-refractivity contribution >= 4 is 28.7 Å². The van der Waals surface area contributed by atoms with E-state index in [2.05, 4.69) is 11.4 Å². The zero-order valence-electron chi connectivity index (χ0n) is 10.6. The molecule has 2 rings (SSSR count). The molecule has 19 heavy (non-hydrogen) atoms. The van der Waals surface area contributed by atoms with Gasteiger partial charge in [0, 0.05) is 11.4 Å². The molecule has 0 radical (unpaired) electrons. The van der Waals surface area contributed by atoms with E-state index in [0.717, 1.165) is 22.5 Å². The Kier molecular flexibility index (Phi) is 3.94. The van der Waals surface area contributed by atoms with Gasteiger partial charge in [-0.1, -0.05) is 23.7 Å². The number of nitrogens with one attached hydrogen (secondary N) is 1. The molecule has 0 bridgehead atoms. The van der Waals surface area contributed by atoms with Gasteiger partial charge in [-0.25, -0.2) is 0 Å². The lowest BCUT2D eigenvalue weighted by Gasteiger charge is -2.13. The van der Waals surface area contributed by atoms with Gasteiger partial charge in [-0.05, 0) is 42.3 Å². The number of nitrogen functional groups attached to an aromatic ring is 1. The minimum Gasteiger partial charge on any atom is -0.398 e. The Morgan fingerprint density at radius 1 is 1.32 bits per heavy atom. The summed E-state index contributed by atoms with van der Waals surface area (Å²) in [6.07, 6.45) is 0.295. The van der Waals surface area contributed by atoms with Gasteiger partial charge >= 0.3 is 0 Å². The second-order valence-corrected chi connectivity index (χ2v) is 4.71. The standard InChI is InChI=1S/C15H14ClN3/c1-10-3-2-4-13(16)15(10)19-12-5-6-14(18)11(9-12)7-8-17/h2-6,9,19H,7,18H2,1H3. The maximum atomic E-state index is 8.77. The predicted molar refractivity (Wildman–Crippen MR) is 79.6 cm³/mol. The van der Waals surface area contributed by atoms with Gasteiger partial charge in [0.2, 0.25) is 0 Å². The first-order chi connectivity index (χ1) is 9.11. The van der Waals surface area contributed by atoms with Crippen molar-refractivity contribution in [2.24, 2.45) is 0 Å². The van der Waals surface area contributed by atoms with Crippen LogP contribution in [0.1, 0.15) is 11.1 Å². The summed E-state index contributed by atoms with van der Waals surface area (Å²) in [7, 11) is 0. The zero-order chi connectivity index (χ0) is 13.8. The first-order valence-electron chi connectivity index (χ1n) is 5.89. The van der Waals surface area contributed by atoms with Crippen LogP contribution in [0.15, 0.2) is 36.4 Å². The van der Waals surface area contributed by atoms with Crippen molar-refractivity contribution in [3.05, 3.63) is 52.5 Å². The van der Waals surface area contributed by atoms with Crippen LogP contribution in [0.3, 0.4) is 0 Å². The van der Waals surface area contributed by atoms with Crippen molar-refractivity contribution in [3.63, 3.8) is 0 Å². The van der Waals surface area contributed by atoms with Gasteiger partial charge < -0.3 is 11.1 Å². The van der Waals surface area contributed by atoms with E-state index in [1.54, 1.807) is 6.07 Å². The molecule has 0 aliphatic carbocycles. The van der Waals surface area contributed by atoms with E-state index < -0.39 is 0 Å². The van der Waals surface area contributed by atoms with Gasteiger partial charge in [-0.15, -0.1) is 0 Å². The first kappa shape index (κ1) is 13.3. The van der Waals surface area contributed by atoms with Gasteiger partial charge in [-0.2, -0.15) is 5.26 Å². The number of hydrogen-bond acceptors (Lipinski definition) is 3. The minimum atomic E-state index is 0.295. The molecule has 0 saturated carbocycles. The highest BCUT2D eigenvalue weighted by atomic mass is 35.5. The van der Waals surface area contributed by atoms with Gasteiger partial charge in [-0.3, -0.25) is 0 Å². The number of nitriles is 1. The van der Waals surface area contributed by atoms with Gasteiger partial charge in [0.05, 0.1) is 23.2 Å². The molecule has 96 valence electrons. The highest BCUT2D eigenvalue weighted by Crippen LogP contribution is 2.29. The number of aryl methyl sites for hydroxylation is 1. The fraction of sp³-hybridized carbons (Fsp3) is 0.133. The van der Waals surface area contributed by atoms with Gasteiger partial charge in [0.15, 0.2) is 0 Å². The molecule has 0 unspecified atom stereocenters. The van der Waals surface area contributed by atoms with Crippen LogP contribution in [0.25, 0.3) is 0 Å². The third-order valence-corrected chi connectivity index (χ3v) is 3.22. The van der Waals surface area contributed by atoms with Crippen LogP contribution < -0.4 is 11.1 Å². The van der Waals surface area contributed by atoms with Crippen LogP contribution >= 0.6 is 11.6 Å². The molecule has 0 aromatic heterocycles. The molecule has 4 heteroatoms. The summed E-state index contributed by atoms with van der Waals surface area (Å²) in [5, 5.41) is 12.7. The molecule has 2 aromatic rings. The molecule has 0 aliphatic rings. The van der Waals surface area contributed by atoms with Gasteiger partial charge in [0.25, 0.3) is 0 Å². The van der Waals surface area contributed by atoms with Crippen molar-refractivity contribution in [2.45, 2.75) is 13.3 Å². The predicted octanol–water partition coefficient (Wildman–Crippen LogP) is 4.04. The van der Waals surface area contributed by atoms with Crippen LogP contribution in [0.5, 0.6) is 0 Å². The average Bonchev–Trinajstić information content (AvgIpc) is 2.38. The molecule has 3 nitrogen and oxygen atoms in total. The normalized spacial score (nSPS) is 9.95. The van der Waals surface area contributed by atoms with Crippen molar-refractivity contribution in [1.29, 1.82) is 5.26 Å². The third kappa shape index (κ3) is 2.98. The summed E-state index contributed by atoms with van der Waals surface area (Å²) < 4.78 is 0. The Balaban J connectivity index is 2.34. The zero-order valence-corrected chi connectivity index (χ0v) is 11.3. The van der Waals surface area contributed by atoms with Crippen LogP contribution in [-0.4, -0.2) is 0 Å². The number of hydrogen-bond donors (Lipinski definition) is 2. The monoisotopic (exact) mass is 271 g/mol. The highest BCUT2D eigenvalue weighted by Gasteiger charge is 2.06. The molecule has 0 fully saturated rings. The summed E-state index contributed by atoms with van der Waals surface area (Å²) in [6, 6.07) is 13.4. The Hall–Kier alpha value is -2.18. The van der Waals surface area contributed by atoms with E-state index in [4.69, 9.17) is 22.6 Å². The van der Waals surface area contributed by atoms with Crippen LogP contribution in [0.2, 0.25) is 5.02 Å². The number of para-hydroxylation sites is 1. The van der Waals surface area contributed by atoms with Crippen molar-refractivity contribution in [1.82, 2.24) is 0 Å². The van der Waals surface area contributed by atoms with Crippen molar-refractivity contribution in [2.75, 3.05) is 11.1 Å². The fourth-order valence-electron chi connectivity index (χ4n) is 1.86. The Morgan fingerprint density at radius 2 is 2.11 bits per heavy atom. The lowest BCUT2D eigenvalue weighted by atomic mass is 10.1. The molecule has 0 saturated heterocycles. The van der Waals surface area contributed by atoms with Crippen LogP contribution in [-0.2, 0) is 6.42 Å². The van der Waals surface area contributed by atoms with E-state index in [-0.39, 0.29) is 0 Å². The molecule has 3 N–H and O–H groups in total. The molecular formula is C15H14ClN3. The van der Waals surface area contributed by atoms with E-state index in [1.165, 1.54) is 0 Å². The summed E-state index contributed by atoms with van der Waals surface area (Å²) in [4.78, 5) is 0. The van der Waals surface area contributed by atoms with Gasteiger partial charge in [0.1, 0.15) is 0 Å². The number of rotatable bonds is 3. The molecule has 0 atom stereocenters. The number of benzene rings is 2. The average molecular weight is 272 g/mol. The molecule has 0 amide bonds. The molecule has 2 aromatic carbocycles. The Morgan fingerprint density at radius 3 is 2.79 bits per heavy atom. The summed E-state index contributed by atoms with van der Waals surface area (Å²) in [5.74, 6) is 0. The molecule has 0 aliphatic heterocycles. The molecule has 0 heterocycles. The largest absolute Gasteiger partial charge is 0.398 e. The van der Waals surface area contributed by atoms with E-state index in [9.17, 15) is 0 Å². The van der Waals surface area contributed by atoms with E-state index >= 15 is 0 Å². The Labute approximate surface area is 117 Å². The Bertz CT molecular complexity index is 624. The number of halogens is 1. The van der Waals surface area contributed by atoms with Crippen LogP contribution in [0.4, 0.5) is 17.1 Å². The summed E-state index contributed by atoms with van der Waals surface area (Å²) >= 11 is 6.17. The first-order valence-corrected chi connectivity index (χ1v) is 6.27. The lowest BCUT2D eigenvalue weighted by Crippen LogP contribution is -1.98. The smallest absolute Gasteiger partial charge is 0.0670 e. The topological polar surface area (TPSA) is 61.8 Å². The van der Waals surface area contributed by atoms with Crippen LogP contribution in [0, 0.1) is 18.3 Å². The number of nitrogens with two attached hydrogens (primary N) is 1.